The summed E-state index contributed by atoms with van der Waals surface area (Å²) in [6.07, 6.45) is 1.06. The molecule has 4 aromatic rings. The van der Waals surface area contributed by atoms with Crippen LogP contribution in [0.1, 0.15) is 13.8 Å². The molecule has 0 atom stereocenters. The van der Waals surface area contributed by atoms with Gasteiger partial charge in [0.25, 0.3) is 16.0 Å². The second kappa shape index (κ2) is 12.3. The second-order valence-electron chi connectivity index (χ2n) is 9.31. The summed E-state index contributed by atoms with van der Waals surface area (Å²) < 4.78 is 59.8. The van der Waals surface area contributed by atoms with E-state index in [0.29, 0.717) is 34.3 Å². The van der Waals surface area contributed by atoms with E-state index in [1.54, 1.807) is 82.7 Å². The number of ether oxygens (including phenoxy) is 3. The van der Waals surface area contributed by atoms with Crippen LogP contribution in [0.2, 0.25) is 0 Å². The molecule has 1 amide bonds. The summed E-state index contributed by atoms with van der Waals surface area (Å²) >= 11 is 0. The summed E-state index contributed by atoms with van der Waals surface area (Å²) in [4.78, 5) is 20.3. The monoisotopic (exact) mass is 597 g/mol. The van der Waals surface area contributed by atoms with Gasteiger partial charge in [-0.2, -0.15) is 13.4 Å². The van der Waals surface area contributed by atoms with Gasteiger partial charge in [0, 0.05) is 29.6 Å². The number of methoxy groups -OCH3 is 2. The van der Waals surface area contributed by atoms with Gasteiger partial charge in [0.2, 0.25) is 5.95 Å². The quantitative estimate of drug-likeness (QED) is 0.208. The van der Waals surface area contributed by atoms with E-state index in [4.69, 9.17) is 18.8 Å². The summed E-state index contributed by atoms with van der Waals surface area (Å²) in [5.41, 5.74) is 0.633. The minimum atomic E-state index is -4.00. The highest BCUT2D eigenvalue weighted by atomic mass is 32.2. The molecular weight excluding hydrogens is 569 g/mol. The van der Waals surface area contributed by atoms with Crippen molar-refractivity contribution < 1.29 is 36.4 Å². The second-order valence-corrected chi connectivity index (χ2v) is 10.7. The van der Waals surface area contributed by atoms with Gasteiger partial charge in [0.15, 0.2) is 17.2 Å². The molecule has 0 aliphatic carbocycles. The standard InChI is InChI=1S/C22H22FN5O4.C6H6O3S/c1-22(2)20(29)27-17-9-12(5-6-18(17)32-22)25-19-16(23)11-24-21(28-19)26-13-7-14(30-3)10-15(8-13)31-4;7-10(8,9)6-4-2-1-3-5-6/h5-11H,1-4H3,(H,27,29)(H2,24,25,26,28);1-5H,(H,7,8,9). The molecule has 4 N–H and O–H groups in total. The highest BCUT2D eigenvalue weighted by Crippen LogP contribution is 2.36. The maximum absolute atomic E-state index is 14.4. The SMILES string of the molecule is COc1cc(Nc2ncc(F)c(Nc3ccc4c(c3)NC(=O)C(C)(C)O4)n2)cc(OC)c1.O=S(=O)(O)c1ccccc1. The van der Waals surface area contributed by atoms with Crippen molar-refractivity contribution in [2.45, 2.75) is 24.3 Å². The van der Waals surface area contributed by atoms with Crippen molar-refractivity contribution in [1.29, 1.82) is 0 Å². The minimum absolute atomic E-state index is 0.0410. The number of fused-ring (bicyclic) bond motifs is 1. The highest BCUT2D eigenvalue weighted by molar-refractivity contribution is 7.85. The molecule has 3 aromatic carbocycles. The van der Waals surface area contributed by atoms with Crippen LogP contribution in [0.25, 0.3) is 0 Å². The fraction of sp³-hybridized carbons (Fsp3) is 0.179. The Kier molecular flexibility index (Phi) is 8.78. The molecule has 2 heterocycles. The van der Waals surface area contributed by atoms with Gasteiger partial charge >= 0.3 is 0 Å². The van der Waals surface area contributed by atoms with Crippen LogP contribution in [0.3, 0.4) is 0 Å². The normalized spacial score (nSPS) is 13.3. The first-order chi connectivity index (χ1) is 19.9. The number of carbonyl (C=O) groups excluding carboxylic acids is 1. The first-order valence-corrected chi connectivity index (χ1v) is 13.8. The number of hydrogen-bond donors (Lipinski definition) is 4. The van der Waals surface area contributed by atoms with Crippen LogP contribution in [0.15, 0.2) is 77.8 Å². The zero-order valence-corrected chi connectivity index (χ0v) is 23.8. The number of nitrogens with one attached hydrogen (secondary N) is 3. The van der Waals surface area contributed by atoms with E-state index in [1.165, 1.54) is 12.1 Å². The van der Waals surface area contributed by atoms with E-state index in [0.717, 1.165) is 6.20 Å². The van der Waals surface area contributed by atoms with Gasteiger partial charge in [0.1, 0.15) is 17.2 Å². The van der Waals surface area contributed by atoms with Gasteiger partial charge in [-0.25, -0.2) is 9.37 Å². The van der Waals surface area contributed by atoms with Crippen molar-refractivity contribution in [2.24, 2.45) is 0 Å². The fourth-order valence-corrected chi connectivity index (χ4v) is 4.14. The smallest absolute Gasteiger partial charge is 0.294 e. The maximum atomic E-state index is 14.4. The average molecular weight is 598 g/mol. The molecule has 220 valence electrons. The maximum Gasteiger partial charge on any atom is 0.294 e. The van der Waals surface area contributed by atoms with Crippen LogP contribution in [-0.4, -0.2) is 48.7 Å². The Morgan fingerprint density at radius 3 is 2.21 bits per heavy atom. The van der Waals surface area contributed by atoms with Crippen LogP contribution < -0.4 is 30.2 Å². The zero-order chi connectivity index (χ0) is 30.5. The average Bonchev–Trinajstić information content (AvgIpc) is 2.95. The van der Waals surface area contributed by atoms with E-state index >= 15 is 0 Å². The number of rotatable bonds is 7. The molecule has 0 spiro atoms. The number of hydrogen-bond acceptors (Lipinski definition) is 10. The zero-order valence-electron chi connectivity index (χ0n) is 23.0. The molecule has 1 aliphatic rings. The summed E-state index contributed by atoms with van der Waals surface area (Å²) in [5, 5.41) is 8.70. The lowest BCUT2D eigenvalue weighted by molar-refractivity contribution is -0.129. The molecule has 0 fully saturated rings. The molecule has 0 saturated carbocycles. The van der Waals surface area contributed by atoms with Crippen LogP contribution in [0.4, 0.5) is 33.2 Å². The first kappa shape index (κ1) is 30.0. The van der Waals surface area contributed by atoms with E-state index in [-0.39, 0.29) is 22.6 Å². The van der Waals surface area contributed by atoms with Crippen molar-refractivity contribution in [1.82, 2.24) is 9.97 Å². The van der Waals surface area contributed by atoms with Gasteiger partial charge in [-0.1, -0.05) is 18.2 Å². The Bertz CT molecular complexity index is 1680. The summed E-state index contributed by atoms with van der Waals surface area (Å²) in [5.74, 6) is 0.898. The summed E-state index contributed by atoms with van der Waals surface area (Å²) in [6.45, 7) is 3.36. The number of nitrogens with zero attached hydrogens (tertiary/aromatic N) is 2. The Morgan fingerprint density at radius 1 is 0.952 bits per heavy atom. The molecule has 5 rings (SSSR count). The van der Waals surface area contributed by atoms with Gasteiger partial charge in [-0.3, -0.25) is 9.35 Å². The molecule has 1 aromatic heterocycles. The van der Waals surface area contributed by atoms with Crippen LogP contribution in [-0.2, 0) is 14.9 Å². The van der Waals surface area contributed by atoms with E-state index in [2.05, 4.69) is 25.9 Å². The predicted molar refractivity (Wildman–Crippen MR) is 154 cm³/mol. The molecule has 0 unspecified atom stereocenters. The van der Waals surface area contributed by atoms with Crippen molar-refractivity contribution in [2.75, 3.05) is 30.2 Å². The number of carbonyl (C=O) groups is 1. The molecule has 12 nitrogen and oxygen atoms in total. The molecular formula is C28H28FN5O7S. The molecule has 0 saturated heterocycles. The fourth-order valence-electron chi connectivity index (χ4n) is 3.64. The Morgan fingerprint density at radius 2 is 1.62 bits per heavy atom. The first-order valence-electron chi connectivity index (χ1n) is 12.3. The van der Waals surface area contributed by atoms with Gasteiger partial charge in [-0.15, -0.1) is 0 Å². The summed E-state index contributed by atoms with van der Waals surface area (Å²) in [7, 11) is -0.916. The molecule has 0 bridgehead atoms. The number of halogens is 1. The number of aromatic nitrogens is 2. The van der Waals surface area contributed by atoms with Crippen LogP contribution in [0, 0.1) is 5.82 Å². The van der Waals surface area contributed by atoms with Gasteiger partial charge in [0.05, 0.1) is 31.0 Å². The van der Waals surface area contributed by atoms with Crippen LogP contribution >= 0.6 is 0 Å². The number of anilines is 5. The topological polar surface area (TPSA) is 161 Å². The molecule has 14 heteroatoms. The van der Waals surface area contributed by atoms with Crippen molar-refractivity contribution >= 4 is 44.9 Å². The van der Waals surface area contributed by atoms with Crippen molar-refractivity contribution in [3.8, 4) is 17.2 Å². The number of amides is 1. The van der Waals surface area contributed by atoms with E-state index in [9.17, 15) is 17.6 Å². The predicted octanol–water partition coefficient (Wildman–Crippen LogP) is 5.16. The molecule has 0 radical (unpaired) electrons. The lowest BCUT2D eigenvalue weighted by atomic mass is 10.1. The third-order valence-electron chi connectivity index (χ3n) is 5.80. The Hall–Kier alpha value is -4.95. The lowest BCUT2D eigenvalue weighted by Crippen LogP contribution is -2.45. The van der Waals surface area contributed by atoms with E-state index in [1.807, 2.05) is 0 Å². The Labute approximate surface area is 241 Å². The summed E-state index contributed by atoms with van der Waals surface area (Å²) in [6, 6.07) is 17.7. The largest absolute Gasteiger partial charge is 0.497 e. The number of benzene rings is 3. The van der Waals surface area contributed by atoms with Gasteiger partial charge < -0.3 is 30.2 Å². The van der Waals surface area contributed by atoms with Gasteiger partial charge in [-0.05, 0) is 44.2 Å². The third-order valence-corrected chi connectivity index (χ3v) is 6.66. The van der Waals surface area contributed by atoms with Crippen LogP contribution in [0.5, 0.6) is 17.2 Å². The third kappa shape index (κ3) is 7.41. The van der Waals surface area contributed by atoms with Crippen molar-refractivity contribution in [3.63, 3.8) is 0 Å². The van der Waals surface area contributed by atoms with Crippen molar-refractivity contribution in [3.05, 3.63) is 78.7 Å². The molecule has 1 aliphatic heterocycles. The minimum Gasteiger partial charge on any atom is -0.497 e. The van der Waals surface area contributed by atoms with E-state index < -0.39 is 21.5 Å². The Balaban J connectivity index is 0.000000343. The highest BCUT2D eigenvalue weighted by Gasteiger charge is 2.35. The lowest BCUT2D eigenvalue weighted by Gasteiger charge is -2.31. The molecule has 42 heavy (non-hydrogen) atoms.